The zero-order valence-electron chi connectivity index (χ0n) is 12.2. The number of aromatic nitrogens is 1. The molecule has 1 aromatic heterocycles. The molecule has 0 aliphatic carbocycles. The molecule has 3 N–H and O–H groups in total. The van der Waals surface area contributed by atoms with Crippen LogP contribution in [-0.2, 0) is 11.2 Å². The fourth-order valence-corrected chi connectivity index (χ4v) is 2.42. The van der Waals surface area contributed by atoms with Crippen molar-refractivity contribution in [3.05, 3.63) is 23.4 Å². The van der Waals surface area contributed by atoms with Gasteiger partial charge in [0.2, 0.25) is 0 Å². The minimum absolute atomic E-state index is 0.0825. The molecule has 110 valence electrons. The number of hydrogen-bond donors (Lipinski definition) is 2. The van der Waals surface area contributed by atoms with Gasteiger partial charge in [-0.15, -0.1) is 0 Å². The first-order valence-electron chi connectivity index (χ1n) is 7.19. The van der Waals surface area contributed by atoms with E-state index < -0.39 is 0 Å². The third kappa shape index (κ3) is 3.70. The fraction of sp³-hybridized carbons (Fsp3) is 0.600. The van der Waals surface area contributed by atoms with Gasteiger partial charge >= 0.3 is 0 Å². The molecule has 0 atom stereocenters. The summed E-state index contributed by atoms with van der Waals surface area (Å²) in [5.41, 5.74) is 7.05. The Morgan fingerprint density at radius 1 is 1.45 bits per heavy atom. The molecule has 20 heavy (non-hydrogen) atoms. The molecule has 0 spiro atoms. The van der Waals surface area contributed by atoms with Crippen LogP contribution in [-0.4, -0.2) is 29.6 Å². The summed E-state index contributed by atoms with van der Waals surface area (Å²) < 4.78 is 5.34. The summed E-state index contributed by atoms with van der Waals surface area (Å²) in [6, 6.07) is 3.47. The van der Waals surface area contributed by atoms with Crippen LogP contribution in [0.4, 0.5) is 5.82 Å². The molecular weight excluding hydrogens is 254 g/mol. The predicted molar refractivity (Wildman–Crippen MR) is 78.6 cm³/mol. The topological polar surface area (TPSA) is 77.2 Å². The van der Waals surface area contributed by atoms with Gasteiger partial charge in [0.05, 0.1) is 0 Å². The summed E-state index contributed by atoms with van der Waals surface area (Å²) in [5.74, 6) is 0.319. The van der Waals surface area contributed by atoms with Crippen LogP contribution in [0, 0.1) is 0 Å². The number of hydrogen-bond acceptors (Lipinski definition) is 4. The van der Waals surface area contributed by atoms with Crippen LogP contribution in [0.2, 0.25) is 0 Å². The molecule has 2 rings (SSSR count). The smallest absolute Gasteiger partial charge is 0.251 e. The molecule has 0 unspecified atom stereocenters. The van der Waals surface area contributed by atoms with Gasteiger partial charge in [0.25, 0.3) is 5.91 Å². The summed E-state index contributed by atoms with van der Waals surface area (Å²) in [6.07, 6.45) is 3.48. The summed E-state index contributed by atoms with van der Waals surface area (Å²) >= 11 is 0. The van der Waals surface area contributed by atoms with E-state index in [-0.39, 0.29) is 11.4 Å². The molecule has 1 aliphatic rings. The lowest BCUT2D eigenvalue weighted by atomic mass is 9.92. The van der Waals surface area contributed by atoms with Crippen molar-refractivity contribution >= 4 is 11.7 Å². The van der Waals surface area contributed by atoms with Gasteiger partial charge in [0, 0.05) is 30.0 Å². The van der Waals surface area contributed by atoms with Crippen LogP contribution in [0.25, 0.3) is 0 Å². The van der Waals surface area contributed by atoms with Gasteiger partial charge < -0.3 is 15.8 Å². The number of nitrogens with zero attached hydrogens (tertiary/aromatic N) is 1. The Bertz CT molecular complexity index is 482. The number of ether oxygens (including phenoxy) is 1. The quantitative estimate of drug-likeness (QED) is 0.881. The average Bonchev–Trinajstić information content (AvgIpc) is 2.38. The summed E-state index contributed by atoms with van der Waals surface area (Å²) in [6.45, 7) is 5.52. The summed E-state index contributed by atoms with van der Waals surface area (Å²) in [7, 11) is 0. The molecule has 1 aliphatic heterocycles. The first kappa shape index (κ1) is 14.8. The lowest BCUT2D eigenvalue weighted by Gasteiger charge is -2.34. The molecule has 2 heterocycles. The Morgan fingerprint density at radius 3 is 2.80 bits per heavy atom. The minimum Gasteiger partial charge on any atom is -0.384 e. The maximum absolute atomic E-state index is 12.4. The zero-order chi connectivity index (χ0) is 14.6. The van der Waals surface area contributed by atoms with E-state index in [0.29, 0.717) is 24.6 Å². The maximum Gasteiger partial charge on any atom is 0.251 e. The Labute approximate surface area is 119 Å². The second kappa shape index (κ2) is 6.22. The number of carbonyl (C=O) groups is 1. The number of rotatable bonds is 4. The van der Waals surface area contributed by atoms with Crippen molar-refractivity contribution in [1.82, 2.24) is 10.3 Å². The largest absolute Gasteiger partial charge is 0.384 e. The van der Waals surface area contributed by atoms with Crippen molar-refractivity contribution in [3.63, 3.8) is 0 Å². The molecule has 0 saturated carbocycles. The van der Waals surface area contributed by atoms with Crippen LogP contribution in [0.15, 0.2) is 12.1 Å². The van der Waals surface area contributed by atoms with Crippen molar-refractivity contribution < 1.29 is 9.53 Å². The number of nitrogens with one attached hydrogen (secondary N) is 1. The first-order valence-corrected chi connectivity index (χ1v) is 7.19. The van der Waals surface area contributed by atoms with Crippen molar-refractivity contribution in [1.29, 1.82) is 0 Å². The number of anilines is 1. The number of amides is 1. The van der Waals surface area contributed by atoms with E-state index in [1.807, 2.05) is 6.07 Å². The van der Waals surface area contributed by atoms with Gasteiger partial charge in [-0.05, 0) is 38.3 Å². The Morgan fingerprint density at radius 2 is 2.15 bits per heavy atom. The highest BCUT2D eigenvalue weighted by Crippen LogP contribution is 2.21. The normalized spacial score (nSPS) is 17.7. The Kier molecular flexibility index (Phi) is 4.60. The van der Waals surface area contributed by atoms with Crippen LogP contribution >= 0.6 is 0 Å². The molecular formula is C15H23N3O2. The van der Waals surface area contributed by atoms with E-state index in [1.165, 1.54) is 0 Å². The van der Waals surface area contributed by atoms with Crippen LogP contribution < -0.4 is 11.1 Å². The van der Waals surface area contributed by atoms with E-state index in [1.54, 1.807) is 6.07 Å². The van der Waals surface area contributed by atoms with E-state index in [2.05, 4.69) is 24.1 Å². The molecule has 0 bridgehead atoms. The van der Waals surface area contributed by atoms with Gasteiger partial charge in [-0.3, -0.25) is 4.79 Å². The first-order chi connectivity index (χ1) is 9.52. The highest BCUT2D eigenvalue weighted by atomic mass is 16.5. The van der Waals surface area contributed by atoms with Crippen LogP contribution in [0.3, 0.4) is 0 Å². The van der Waals surface area contributed by atoms with Gasteiger partial charge in [0.15, 0.2) is 0 Å². The molecule has 5 heteroatoms. The van der Waals surface area contributed by atoms with Crippen molar-refractivity contribution in [2.45, 2.75) is 45.1 Å². The Balaban J connectivity index is 2.12. The molecule has 1 saturated heterocycles. The summed E-state index contributed by atoms with van der Waals surface area (Å²) in [4.78, 5) is 16.6. The van der Waals surface area contributed by atoms with Gasteiger partial charge in [-0.1, -0.05) is 13.3 Å². The van der Waals surface area contributed by atoms with Crippen molar-refractivity contribution in [2.24, 2.45) is 0 Å². The minimum atomic E-state index is -0.196. The SMILES string of the molecule is CCCc1cc(C(=O)NC2(C)CCOCC2)cc(N)n1. The number of pyridine rings is 1. The number of aryl methyl sites for hydroxylation is 1. The third-order valence-corrected chi connectivity index (χ3v) is 3.68. The zero-order valence-corrected chi connectivity index (χ0v) is 12.2. The lowest BCUT2D eigenvalue weighted by molar-refractivity contribution is 0.0423. The lowest BCUT2D eigenvalue weighted by Crippen LogP contribution is -2.49. The van der Waals surface area contributed by atoms with E-state index in [4.69, 9.17) is 10.5 Å². The maximum atomic E-state index is 12.4. The van der Waals surface area contributed by atoms with Gasteiger partial charge in [0.1, 0.15) is 5.82 Å². The average molecular weight is 277 g/mol. The van der Waals surface area contributed by atoms with Crippen LogP contribution in [0.1, 0.15) is 49.2 Å². The standard InChI is InChI=1S/C15H23N3O2/c1-3-4-12-9-11(10-13(16)17-12)14(19)18-15(2)5-7-20-8-6-15/h9-10H,3-8H2,1-2H3,(H2,16,17)(H,18,19). The predicted octanol–water partition coefficient (Wildman–Crippen LogP) is 1.92. The van der Waals surface area contributed by atoms with E-state index >= 15 is 0 Å². The van der Waals surface area contributed by atoms with E-state index in [0.717, 1.165) is 31.4 Å². The highest BCUT2D eigenvalue weighted by molar-refractivity contribution is 5.95. The van der Waals surface area contributed by atoms with Crippen LogP contribution in [0.5, 0.6) is 0 Å². The van der Waals surface area contributed by atoms with Gasteiger partial charge in [-0.25, -0.2) is 4.98 Å². The van der Waals surface area contributed by atoms with Gasteiger partial charge in [-0.2, -0.15) is 0 Å². The van der Waals surface area contributed by atoms with Crippen molar-refractivity contribution in [2.75, 3.05) is 18.9 Å². The molecule has 1 aromatic rings. The highest BCUT2D eigenvalue weighted by Gasteiger charge is 2.29. The van der Waals surface area contributed by atoms with Crippen molar-refractivity contribution in [3.8, 4) is 0 Å². The number of nitrogen functional groups attached to an aromatic ring is 1. The second-order valence-corrected chi connectivity index (χ2v) is 5.65. The number of carbonyl (C=O) groups excluding carboxylic acids is 1. The monoisotopic (exact) mass is 277 g/mol. The molecule has 0 aromatic carbocycles. The molecule has 5 nitrogen and oxygen atoms in total. The van der Waals surface area contributed by atoms with E-state index in [9.17, 15) is 4.79 Å². The fourth-order valence-electron chi connectivity index (χ4n) is 2.42. The molecule has 1 amide bonds. The molecule has 1 fully saturated rings. The number of nitrogens with two attached hydrogens (primary N) is 1. The second-order valence-electron chi connectivity index (χ2n) is 5.65. The Hall–Kier alpha value is -1.62. The third-order valence-electron chi connectivity index (χ3n) is 3.68. The molecule has 0 radical (unpaired) electrons. The summed E-state index contributed by atoms with van der Waals surface area (Å²) in [5, 5.41) is 3.11.